The first-order chi connectivity index (χ1) is 8.29. The van der Waals surface area contributed by atoms with E-state index in [0.29, 0.717) is 0 Å². The Balaban J connectivity index is 2.34. The highest BCUT2D eigenvalue weighted by molar-refractivity contribution is 6.24. The van der Waals surface area contributed by atoms with Gasteiger partial charge in [0.2, 0.25) is 5.91 Å². The summed E-state index contributed by atoms with van der Waals surface area (Å²) in [5.74, 6) is -0.235. The first kappa shape index (κ1) is 13.0. The van der Waals surface area contributed by atoms with Gasteiger partial charge in [0.25, 0.3) is 0 Å². The Kier molecular flexibility index (Phi) is 3.14. The highest BCUT2D eigenvalue weighted by atomic mass is 35.5. The lowest BCUT2D eigenvalue weighted by atomic mass is 10.1. The molecule has 1 atom stereocenters. The highest BCUT2D eigenvalue weighted by Crippen LogP contribution is 2.35. The second kappa shape index (κ2) is 4.35. The minimum absolute atomic E-state index is 0.0797. The summed E-state index contributed by atoms with van der Waals surface area (Å²) in [6.07, 6.45) is -4.28. The summed E-state index contributed by atoms with van der Waals surface area (Å²) in [4.78, 5) is 12.9. The summed E-state index contributed by atoms with van der Waals surface area (Å²) >= 11 is 5.82. The molecular weight excluding hydrogens is 269 g/mol. The van der Waals surface area contributed by atoms with Crippen LogP contribution in [0.2, 0.25) is 0 Å². The van der Waals surface area contributed by atoms with E-state index in [1.54, 1.807) is 0 Å². The maximum absolute atomic E-state index is 12.5. The lowest BCUT2D eigenvalue weighted by Crippen LogP contribution is -2.25. The van der Waals surface area contributed by atoms with Crippen molar-refractivity contribution < 1.29 is 18.0 Å². The molecule has 1 aromatic rings. The number of nitrogens with two attached hydrogens (primary N) is 1. The zero-order valence-corrected chi connectivity index (χ0v) is 9.92. The van der Waals surface area contributed by atoms with Crippen LogP contribution in [0.25, 0.3) is 0 Å². The van der Waals surface area contributed by atoms with Gasteiger partial charge < -0.3 is 10.6 Å². The number of alkyl halides is 4. The minimum atomic E-state index is -4.45. The van der Waals surface area contributed by atoms with E-state index in [2.05, 4.69) is 0 Å². The van der Waals surface area contributed by atoms with Crippen molar-refractivity contribution in [1.29, 1.82) is 0 Å². The molecule has 1 saturated heterocycles. The third kappa shape index (κ3) is 2.38. The van der Waals surface area contributed by atoms with Crippen LogP contribution in [0.3, 0.4) is 0 Å². The molecule has 2 N–H and O–H groups in total. The topological polar surface area (TPSA) is 46.3 Å². The number of halogens is 4. The number of anilines is 2. The van der Waals surface area contributed by atoms with Gasteiger partial charge in [0.15, 0.2) is 0 Å². The van der Waals surface area contributed by atoms with Crippen molar-refractivity contribution in [2.45, 2.75) is 18.0 Å². The van der Waals surface area contributed by atoms with Gasteiger partial charge in [0.1, 0.15) is 0 Å². The van der Waals surface area contributed by atoms with Gasteiger partial charge >= 0.3 is 6.18 Å². The molecule has 0 radical (unpaired) electrons. The Labute approximate surface area is 106 Å². The zero-order valence-electron chi connectivity index (χ0n) is 9.17. The largest absolute Gasteiger partial charge is 0.416 e. The molecule has 1 aliphatic heterocycles. The Morgan fingerprint density at radius 1 is 1.39 bits per heavy atom. The molecule has 1 amide bonds. The van der Waals surface area contributed by atoms with Crippen LogP contribution < -0.4 is 10.6 Å². The second-order valence-electron chi connectivity index (χ2n) is 4.08. The summed E-state index contributed by atoms with van der Waals surface area (Å²) in [6, 6.07) is 2.93. The van der Waals surface area contributed by atoms with Crippen molar-refractivity contribution in [2.24, 2.45) is 0 Å². The molecule has 0 saturated carbocycles. The quantitative estimate of drug-likeness (QED) is 0.634. The number of nitrogen functional groups attached to an aromatic ring is 1. The number of rotatable bonds is 1. The Bertz CT molecular complexity index is 490. The van der Waals surface area contributed by atoms with E-state index in [9.17, 15) is 18.0 Å². The number of carbonyl (C=O) groups excluding carboxylic acids is 1. The highest BCUT2D eigenvalue weighted by Gasteiger charge is 2.33. The van der Waals surface area contributed by atoms with Crippen molar-refractivity contribution in [3.63, 3.8) is 0 Å². The molecule has 98 valence electrons. The minimum Gasteiger partial charge on any atom is -0.397 e. The predicted molar refractivity (Wildman–Crippen MR) is 62.5 cm³/mol. The number of benzene rings is 1. The standard InChI is InChI=1S/C11H10ClF3N2O/c12-7-4-10(18)17(5-7)9-2-1-6(3-8(9)16)11(13,14)15/h1-3,7H,4-5,16H2. The van der Waals surface area contributed by atoms with Crippen LogP contribution in [0.5, 0.6) is 0 Å². The number of nitrogens with zero attached hydrogens (tertiary/aromatic N) is 1. The smallest absolute Gasteiger partial charge is 0.397 e. The normalized spacial score (nSPS) is 20.6. The molecule has 2 rings (SSSR count). The first-order valence-electron chi connectivity index (χ1n) is 5.20. The molecule has 18 heavy (non-hydrogen) atoms. The average Bonchev–Trinajstić information content (AvgIpc) is 2.56. The molecule has 0 aliphatic carbocycles. The van der Waals surface area contributed by atoms with Gasteiger partial charge in [-0.25, -0.2) is 0 Å². The molecule has 0 spiro atoms. The van der Waals surface area contributed by atoms with E-state index in [-0.39, 0.29) is 35.6 Å². The maximum atomic E-state index is 12.5. The summed E-state index contributed by atoms with van der Waals surface area (Å²) in [5, 5.41) is -0.334. The van der Waals surface area contributed by atoms with Gasteiger partial charge in [-0.2, -0.15) is 13.2 Å². The molecule has 1 aromatic carbocycles. The lowest BCUT2D eigenvalue weighted by molar-refractivity contribution is -0.137. The molecule has 0 aromatic heterocycles. The fourth-order valence-electron chi connectivity index (χ4n) is 1.87. The van der Waals surface area contributed by atoms with Crippen LogP contribution in [-0.4, -0.2) is 17.8 Å². The molecule has 1 fully saturated rings. The summed E-state index contributed by atoms with van der Waals surface area (Å²) < 4.78 is 37.4. The van der Waals surface area contributed by atoms with Gasteiger partial charge in [0, 0.05) is 13.0 Å². The van der Waals surface area contributed by atoms with Gasteiger partial charge in [-0.05, 0) is 18.2 Å². The summed E-state index contributed by atoms with van der Waals surface area (Å²) in [6.45, 7) is 0.260. The number of hydrogen-bond donors (Lipinski definition) is 1. The molecule has 1 aliphatic rings. The fraction of sp³-hybridized carbons (Fsp3) is 0.364. The van der Waals surface area contributed by atoms with Crippen LogP contribution in [0.4, 0.5) is 24.5 Å². The van der Waals surface area contributed by atoms with E-state index >= 15 is 0 Å². The number of carbonyl (C=O) groups is 1. The van der Waals surface area contributed by atoms with E-state index in [1.165, 1.54) is 11.0 Å². The van der Waals surface area contributed by atoms with Crippen LogP contribution in [0.15, 0.2) is 18.2 Å². The fourth-order valence-corrected chi connectivity index (χ4v) is 2.14. The monoisotopic (exact) mass is 278 g/mol. The Hall–Kier alpha value is -1.43. The summed E-state index contributed by atoms with van der Waals surface area (Å²) in [5.41, 5.74) is 4.93. The van der Waals surface area contributed by atoms with E-state index < -0.39 is 11.7 Å². The Morgan fingerprint density at radius 2 is 2.06 bits per heavy atom. The van der Waals surface area contributed by atoms with Crippen LogP contribution in [0.1, 0.15) is 12.0 Å². The van der Waals surface area contributed by atoms with Crippen molar-refractivity contribution in [1.82, 2.24) is 0 Å². The van der Waals surface area contributed by atoms with Gasteiger partial charge in [0.05, 0.1) is 22.3 Å². The Morgan fingerprint density at radius 3 is 2.50 bits per heavy atom. The van der Waals surface area contributed by atoms with E-state index in [0.717, 1.165) is 12.1 Å². The van der Waals surface area contributed by atoms with Crippen molar-refractivity contribution in [3.05, 3.63) is 23.8 Å². The molecule has 0 bridgehead atoms. The molecule has 7 heteroatoms. The molecule has 3 nitrogen and oxygen atoms in total. The van der Waals surface area contributed by atoms with Gasteiger partial charge in [-0.1, -0.05) is 0 Å². The van der Waals surface area contributed by atoms with Crippen molar-refractivity contribution in [3.8, 4) is 0 Å². The third-order valence-corrected chi connectivity index (χ3v) is 3.02. The lowest BCUT2D eigenvalue weighted by Gasteiger charge is -2.19. The maximum Gasteiger partial charge on any atom is 0.416 e. The van der Waals surface area contributed by atoms with E-state index in [4.69, 9.17) is 17.3 Å². The van der Waals surface area contributed by atoms with Gasteiger partial charge in [-0.3, -0.25) is 4.79 Å². The number of hydrogen-bond acceptors (Lipinski definition) is 2. The van der Waals surface area contributed by atoms with Crippen molar-refractivity contribution >= 4 is 28.9 Å². The second-order valence-corrected chi connectivity index (χ2v) is 4.69. The SMILES string of the molecule is Nc1cc(C(F)(F)F)ccc1N1CC(Cl)CC1=O. The average molecular weight is 279 g/mol. The molecule has 1 unspecified atom stereocenters. The zero-order chi connectivity index (χ0) is 13.5. The van der Waals surface area contributed by atoms with Crippen LogP contribution in [-0.2, 0) is 11.0 Å². The van der Waals surface area contributed by atoms with E-state index in [1.807, 2.05) is 0 Å². The third-order valence-electron chi connectivity index (χ3n) is 2.72. The molecular formula is C11H10ClF3N2O. The number of amides is 1. The van der Waals surface area contributed by atoms with Crippen molar-refractivity contribution in [2.75, 3.05) is 17.2 Å². The van der Waals surface area contributed by atoms with Crippen LogP contribution in [0, 0.1) is 0 Å². The molecule has 1 heterocycles. The predicted octanol–water partition coefficient (Wildman–Crippen LogP) is 2.63. The van der Waals surface area contributed by atoms with Crippen LogP contribution >= 0.6 is 11.6 Å². The van der Waals surface area contributed by atoms with Gasteiger partial charge in [-0.15, -0.1) is 11.6 Å². The summed E-state index contributed by atoms with van der Waals surface area (Å²) in [7, 11) is 0. The first-order valence-corrected chi connectivity index (χ1v) is 5.64.